The SMILES string of the molecule is C=CC.O=C1OCCN1c1ccccc1. The van der Waals surface area contributed by atoms with E-state index in [4.69, 9.17) is 4.74 Å². The minimum Gasteiger partial charge on any atom is -0.447 e. The molecule has 0 atom stereocenters. The number of carbonyl (C=O) groups is 1. The second-order valence-corrected chi connectivity index (χ2v) is 3.01. The fourth-order valence-electron chi connectivity index (χ4n) is 1.24. The molecule has 0 unspecified atom stereocenters. The molecular weight excluding hydrogens is 190 g/mol. The van der Waals surface area contributed by atoms with E-state index in [0.717, 1.165) is 5.69 Å². The smallest absolute Gasteiger partial charge is 0.414 e. The van der Waals surface area contributed by atoms with Gasteiger partial charge in [0.1, 0.15) is 6.61 Å². The normalized spacial score (nSPS) is 13.9. The summed E-state index contributed by atoms with van der Waals surface area (Å²) in [5, 5.41) is 0. The molecule has 2 rings (SSSR count). The highest BCUT2D eigenvalue weighted by molar-refractivity contribution is 5.89. The van der Waals surface area contributed by atoms with Gasteiger partial charge in [-0.2, -0.15) is 0 Å². The molecule has 15 heavy (non-hydrogen) atoms. The number of hydrogen-bond acceptors (Lipinski definition) is 2. The van der Waals surface area contributed by atoms with Gasteiger partial charge in [0.25, 0.3) is 0 Å². The fraction of sp³-hybridized carbons (Fsp3) is 0.250. The highest BCUT2D eigenvalue weighted by Gasteiger charge is 2.22. The predicted octanol–water partition coefficient (Wildman–Crippen LogP) is 2.84. The van der Waals surface area contributed by atoms with Crippen molar-refractivity contribution in [2.24, 2.45) is 0 Å². The Morgan fingerprint density at radius 3 is 2.47 bits per heavy atom. The highest BCUT2D eigenvalue weighted by Crippen LogP contribution is 2.16. The van der Waals surface area contributed by atoms with Crippen molar-refractivity contribution < 1.29 is 9.53 Å². The van der Waals surface area contributed by atoms with Crippen molar-refractivity contribution in [3.8, 4) is 0 Å². The molecule has 0 aromatic heterocycles. The third-order valence-electron chi connectivity index (χ3n) is 1.83. The number of allylic oxidation sites excluding steroid dienone is 1. The third-order valence-corrected chi connectivity index (χ3v) is 1.83. The fourth-order valence-corrected chi connectivity index (χ4v) is 1.24. The second kappa shape index (κ2) is 5.86. The van der Waals surface area contributed by atoms with Crippen molar-refractivity contribution in [3.63, 3.8) is 0 Å². The molecule has 1 aliphatic heterocycles. The average molecular weight is 205 g/mol. The van der Waals surface area contributed by atoms with Crippen molar-refractivity contribution in [1.82, 2.24) is 0 Å². The van der Waals surface area contributed by atoms with Gasteiger partial charge in [0.2, 0.25) is 0 Å². The maximum Gasteiger partial charge on any atom is 0.414 e. The molecule has 80 valence electrons. The molecule has 0 spiro atoms. The van der Waals surface area contributed by atoms with Crippen molar-refractivity contribution in [2.75, 3.05) is 18.1 Å². The third kappa shape index (κ3) is 3.13. The number of hydrogen-bond donors (Lipinski definition) is 0. The van der Waals surface area contributed by atoms with Crippen LogP contribution in [-0.2, 0) is 4.74 Å². The molecule has 1 aromatic rings. The molecule has 0 aliphatic carbocycles. The van der Waals surface area contributed by atoms with Crippen LogP contribution in [0.2, 0.25) is 0 Å². The number of carbonyl (C=O) groups excluding carboxylic acids is 1. The van der Waals surface area contributed by atoms with Gasteiger partial charge in [-0.05, 0) is 19.1 Å². The van der Waals surface area contributed by atoms with Crippen LogP contribution in [0.15, 0.2) is 43.0 Å². The van der Waals surface area contributed by atoms with Gasteiger partial charge in [-0.15, -0.1) is 6.58 Å². The summed E-state index contributed by atoms with van der Waals surface area (Å²) in [6.45, 7) is 6.40. The molecular formula is C12H15NO2. The lowest BCUT2D eigenvalue weighted by Crippen LogP contribution is -2.22. The van der Waals surface area contributed by atoms with Crippen LogP contribution < -0.4 is 4.90 Å². The van der Waals surface area contributed by atoms with Crippen LogP contribution in [0.1, 0.15) is 6.92 Å². The predicted molar refractivity (Wildman–Crippen MR) is 61.0 cm³/mol. The van der Waals surface area contributed by atoms with E-state index in [2.05, 4.69) is 6.58 Å². The number of amides is 1. The molecule has 3 nitrogen and oxygen atoms in total. The summed E-state index contributed by atoms with van der Waals surface area (Å²) < 4.78 is 4.81. The van der Waals surface area contributed by atoms with Crippen LogP contribution in [0.5, 0.6) is 0 Å². The Morgan fingerprint density at radius 2 is 2.00 bits per heavy atom. The van der Waals surface area contributed by atoms with E-state index in [0.29, 0.717) is 13.2 Å². The zero-order chi connectivity index (χ0) is 11.1. The summed E-state index contributed by atoms with van der Waals surface area (Å²) in [6.07, 6.45) is 1.50. The molecule has 0 N–H and O–H groups in total. The number of ether oxygens (including phenoxy) is 1. The molecule has 1 heterocycles. The minimum absolute atomic E-state index is 0.249. The van der Waals surface area contributed by atoms with Crippen molar-refractivity contribution in [2.45, 2.75) is 6.92 Å². The van der Waals surface area contributed by atoms with Gasteiger partial charge in [-0.25, -0.2) is 4.79 Å². The standard InChI is InChI=1S/C9H9NO2.C3H6/c11-9-10(6-7-12-9)8-4-2-1-3-5-8;1-3-2/h1-5H,6-7H2;3H,1H2,2H3. The number of nitrogens with zero attached hydrogens (tertiary/aromatic N) is 1. The molecule has 1 saturated heterocycles. The van der Waals surface area contributed by atoms with Crippen molar-refractivity contribution in [1.29, 1.82) is 0 Å². The van der Waals surface area contributed by atoms with Crippen molar-refractivity contribution in [3.05, 3.63) is 43.0 Å². The Kier molecular flexibility index (Phi) is 4.41. The van der Waals surface area contributed by atoms with E-state index in [-0.39, 0.29) is 6.09 Å². The molecule has 1 fully saturated rings. The first kappa shape index (κ1) is 11.3. The molecule has 1 aliphatic rings. The van der Waals surface area contributed by atoms with E-state index in [1.165, 1.54) is 0 Å². The van der Waals surface area contributed by atoms with Gasteiger partial charge in [0.05, 0.1) is 6.54 Å². The van der Waals surface area contributed by atoms with Crippen LogP contribution in [0.4, 0.5) is 10.5 Å². The number of cyclic esters (lactones) is 1. The molecule has 3 heteroatoms. The van der Waals surface area contributed by atoms with E-state index in [1.54, 1.807) is 11.0 Å². The molecule has 1 aromatic carbocycles. The lowest BCUT2D eigenvalue weighted by molar-refractivity contribution is 0.181. The zero-order valence-electron chi connectivity index (χ0n) is 8.85. The van der Waals surface area contributed by atoms with Crippen LogP contribution >= 0.6 is 0 Å². The van der Waals surface area contributed by atoms with Gasteiger partial charge < -0.3 is 4.74 Å². The van der Waals surface area contributed by atoms with Gasteiger partial charge >= 0.3 is 6.09 Å². The van der Waals surface area contributed by atoms with Gasteiger partial charge in [0, 0.05) is 5.69 Å². The Hall–Kier alpha value is -1.77. The van der Waals surface area contributed by atoms with Gasteiger partial charge in [-0.3, -0.25) is 4.90 Å². The largest absolute Gasteiger partial charge is 0.447 e. The molecule has 0 bridgehead atoms. The monoisotopic (exact) mass is 205 g/mol. The average Bonchev–Trinajstić information content (AvgIpc) is 2.67. The number of benzene rings is 1. The summed E-state index contributed by atoms with van der Waals surface area (Å²) in [4.78, 5) is 12.7. The topological polar surface area (TPSA) is 29.5 Å². The Bertz CT molecular complexity index is 322. The lowest BCUT2D eigenvalue weighted by atomic mass is 10.3. The Balaban J connectivity index is 0.000000337. The zero-order valence-corrected chi connectivity index (χ0v) is 8.85. The van der Waals surface area contributed by atoms with Crippen LogP contribution in [-0.4, -0.2) is 19.2 Å². The Labute approximate surface area is 90.0 Å². The number of anilines is 1. The summed E-state index contributed by atoms with van der Waals surface area (Å²) in [5.41, 5.74) is 0.903. The summed E-state index contributed by atoms with van der Waals surface area (Å²) in [6, 6.07) is 9.52. The van der Waals surface area contributed by atoms with Crippen molar-refractivity contribution >= 4 is 11.8 Å². The van der Waals surface area contributed by atoms with E-state index < -0.39 is 0 Å². The maximum atomic E-state index is 11.1. The number of rotatable bonds is 1. The van der Waals surface area contributed by atoms with Crippen LogP contribution in [0.25, 0.3) is 0 Å². The summed E-state index contributed by atoms with van der Waals surface area (Å²) in [7, 11) is 0. The molecule has 0 radical (unpaired) electrons. The van der Waals surface area contributed by atoms with Gasteiger partial charge in [0.15, 0.2) is 0 Å². The molecule has 1 amide bonds. The van der Waals surface area contributed by atoms with E-state index >= 15 is 0 Å². The lowest BCUT2D eigenvalue weighted by Gasteiger charge is -2.11. The summed E-state index contributed by atoms with van der Waals surface area (Å²) in [5.74, 6) is 0. The minimum atomic E-state index is -0.249. The molecule has 0 saturated carbocycles. The number of para-hydroxylation sites is 1. The highest BCUT2D eigenvalue weighted by atomic mass is 16.6. The quantitative estimate of drug-likeness (QED) is 0.660. The summed E-state index contributed by atoms with van der Waals surface area (Å²) >= 11 is 0. The first-order chi connectivity index (χ1) is 7.29. The van der Waals surface area contributed by atoms with E-state index in [9.17, 15) is 4.79 Å². The first-order valence-corrected chi connectivity index (χ1v) is 4.86. The second-order valence-electron chi connectivity index (χ2n) is 3.01. The van der Waals surface area contributed by atoms with Crippen LogP contribution in [0.3, 0.4) is 0 Å². The first-order valence-electron chi connectivity index (χ1n) is 4.86. The van der Waals surface area contributed by atoms with Crippen LogP contribution in [0, 0.1) is 0 Å². The van der Waals surface area contributed by atoms with Gasteiger partial charge in [-0.1, -0.05) is 24.3 Å². The van der Waals surface area contributed by atoms with E-state index in [1.807, 2.05) is 37.3 Å². The Morgan fingerprint density at radius 1 is 1.40 bits per heavy atom. The maximum absolute atomic E-state index is 11.1.